The summed E-state index contributed by atoms with van der Waals surface area (Å²) >= 11 is 0. The monoisotopic (exact) mass is 433 g/mol. The highest BCUT2D eigenvalue weighted by Gasteiger charge is 2.44. The van der Waals surface area contributed by atoms with E-state index in [4.69, 9.17) is 9.72 Å². The number of nitrogens with zero attached hydrogens (tertiary/aromatic N) is 4. The number of morpholine rings is 1. The Morgan fingerprint density at radius 1 is 1.09 bits per heavy atom. The third-order valence-electron chi connectivity index (χ3n) is 7.89. The Labute approximate surface area is 188 Å². The van der Waals surface area contributed by atoms with E-state index in [9.17, 15) is 4.79 Å². The lowest BCUT2D eigenvalue weighted by Gasteiger charge is -2.39. The van der Waals surface area contributed by atoms with Crippen LogP contribution in [-0.2, 0) is 30.2 Å². The fourth-order valence-electron chi connectivity index (χ4n) is 5.93. The molecular formula is C25H31N5O2. The number of benzene rings is 1. The molecule has 0 saturated carbocycles. The number of nitrogens with one attached hydrogen (secondary N) is 1. The van der Waals surface area contributed by atoms with Crippen LogP contribution in [0.5, 0.6) is 0 Å². The van der Waals surface area contributed by atoms with Crippen molar-refractivity contribution in [1.29, 1.82) is 0 Å². The van der Waals surface area contributed by atoms with Crippen LogP contribution >= 0.6 is 0 Å². The number of ether oxygens (including phenoxy) is 1. The Morgan fingerprint density at radius 2 is 1.91 bits per heavy atom. The molecule has 2 aromatic heterocycles. The number of piperidine rings is 1. The third kappa shape index (κ3) is 3.26. The number of hydrogen-bond donors (Lipinski definition) is 1. The zero-order valence-electron chi connectivity index (χ0n) is 18.8. The van der Waals surface area contributed by atoms with Gasteiger partial charge in [-0.1, -0.05) is 12.1 Å². The standard InChI is InChI=1S/C25H31N5O2/c1-28-10-6-19-18(3-2-4-21(19)28)17-29-11-8-25(9-12-29)7-5-20-22(25)26-24(27-23(20)31)30-13-15-32-16-14-30/h2-4,6,10H,5,7-9,11-17H2,1H3,(H,26,27,31). The lowest BCUT2D eigenvalue weighted by atomic mass is 9.76. The van der Waals surface area contributed by atoms with Crippen LogP contribution in [0.2, 0.25) is 0 Å². The molecule has 0 amide bonds. The van der Waals surface area contributed by atoms with Gasteiger partial charge in [-0.3, -0.25) is 14.7 Å². The number of hydrogen-bond acceptors (Lipinski definition) is 5. The van der Waals surface area contributed by atoms with Gasteiger partial charge in [-0.25, -0.2) is 4.98 Å². The van der Waals surface area contributed by atoms with Gasteiger partial charge in [-0.2, -0.15) is 0 Å². The number of fused-ring (bicyclic) bond motifs is 3. The topological polar surface area (TPSA) is 66.4 Å². The molecule has 6 rings (SSSR count). The van der Waals surface area contributed by atoms with Gasteiger partial charge in [0.15, 0.2) is 0 Å². The lowest BCUT2D eigenvalue weighted by Crippen LogP contribution is -2.43. The molecule has 7 nitrogen and oxygen atoms in total. The van der Waals surface area contributed by atoms with Crippen LogP contribution in [-0.4, -0.2) is 58.8 Å². The molecule has 2 aliphatic heterocycles. The number of aromatic amines is 1. The summed E-state index contributed by atoms with van der Waals surface area (Å²) in [4.78, 5) is 25.7. The molecule has 1 aromatic carbocycles. The second kappa shape index (κ2) is 7.74. The van der Waals surface area contributed by atoms with Gasteiger partial charge < -0.3 is 14.2 Å². The zero-order chi connectivity index (χ0) is 21.7. The van der Waals surface area contributed by atoms with E-state index < -0.39 is 0 Å². The summed E-state index contributed by atoms with van der Waals surface area (Å²) in [5, 5.41) is 1.35. The van der Waals surface area contributed by atoms with E-state index in [0.29, 0.717) is 13.2 Å². The molecule has 1 aliphatic carbocycles. The molecule has 168 valence electrons. The Morgan fingerprint density at radius 3 is 2.72 bits per heavy atom. The maximum Gasteiger partial charge on any atom is 0.255 e. The normalized spacial score (nSPS) is 20.8. The van der Waals surface area contributed by atoms with Crippen LogP contribution in [0, 0.1) is 0 Å². The van der Waals surface area contributed by atoms with Crippen molar-refractivity contribution in [2.24, 2.45) is 7.05 Å². The Bertz CT molecular complexity index is 1200. The van der Waals surface area contributed by atoms with Crippen molar-refractivity contribution in [3.8, 4) is 0 Å². The fraction of sp³-hybridized carbons (Fsp3) is 0.520. The van der Waals surface area contributed by atoms with Crippen LogP contribution in [0.3, 0.4) is 0 Å². The van der Waals surface area contributed by atoms with E-state index in [1.807, 2.05) is 0 Å². The van der Waals surface area contributed by atoms with E-state index in [-0.39, 0.29) is 11.0 Å². The third-order valence-corrected chi connectivity index (χ3v) is 7.89. The molecule has 3 aromatic rings. The van der Waals surface area contributed by atoms with E-state index in [0.717, 1.165) is 75.6 Å². The smallest absolute Gasteiger partial charge is 0.255 e. The number of H-pyrrole nitrogens is 1. The molecule has 0 radical (unpaired) electrons. The van der Waals surface area contributed by atoms with Crippen molar-refractivity contribution in [2.45, 2.75) is 37.6 Å². The zero-order valence-corrected chi connectivity index (χ0v) is 18.8. The van der Waals surface area contributed by atoms with Gasteiger partial charge in [0, 0.05) is 54.8 Å². The SMILES string of the molecule is Cn1ccc2c(CN3CCC4(CCc5c4nc(N4CCOCC4)[nH]c5=O)CC3)cccc21. The first-order valence-corrected chi connectivity index (χ1v) is 11.8. The Kier molecular flexibility index (Phi) is 4.84. The average Bonchev–Trinajstić information content (AvgIpc) is 3.38. The van der Waals surface area contributed by atoms with Gasteiger partial charge in [0.2, 0.25) is 5.95 Å². The second-order valence-electron chi connectivity index (χ2n) is 9.65. The molecule has 0 unspecified atom stereocenters. The first-order valence-electron chi connectivity index (χ1n) is 11.8. The Hall–Kier alpha value is -2.64. The van der Waals surface area contributed by atoms with Gasteiger partial charge in [-0.15, -0.1) is 0 Å². The quantitative estimate of drug-likeness (QED) is 0.688. The minimum atomic E-state index is 0.0554. The Balaban J connectivity index is 1.22. The summed E-state index contributed by atoms with van der Waals surface area (Å²) in [6, 6.07) is 8.84. The number of aryl methyl sites for hydroxylation is 1. The first kappa shape index (κ1) is 20.0. The van der Waals surface area contributed by atoms with Crippen LogP contribution in [0.1, 0.15) is 36.1 Å². The first-order chi connectivity index (χ1) is 15.6. The largest absolute Gasteiger partial charge is 0.378 e. The predicted molar refractivity (Wildman–Crippen MR) is 125 cm³/mol. The fourth-order valence-corrected chi connectivity index (χ4v) is 5.93. The lowest BCUT2D eigenvalue weighted by molar-refractivity contribution is 0.122. The predicted octanol–water partition coefficient (Wildman–Crippen LogP) is 2.58. The molecule has 1 N–H and O–H groups in total. The minimum Gasteiger partial charge on any atom is -0.378 e. The van der Waals surface area contributed by atoms with Crippen molar-refractivity contribution in [1.82, 2.24) is 19.4 Å². The molecule has 1 spiro atoms. The van der Waals surface area contributed by atoms with E-state index in [1.165, 1.54) is 16.5 Å². The maximum atomic E-state index is 12.9. The van der Waals surface area contributed by atoms with E-state index >= 15 is 0 Å². The summed E-state index contributed by atoms with van der Waals surface area (Å²) in [5.41, 5.74) is 4.80. The van der Waals surface area contributed by atoms with E-state index in [2.05, 4.69) is 56.9 Å². The molecule has 3 aliphatic rings. The summed E-state index contributed by atoms with van der Waals surface area (Å²) < 4.78 is 7.66. The molecule has 0 bridgehead atoms. The average molecular weight is 434 g/mol. The van der Waals surface area contributed by atoms with Gasteiger partial charge >= 0.3 is 0 Å². The van der Waals surface area contributed by atoms with Crippen LogP contribution < -0.4 is 10.5 Å². The highest BCUT2D eigenvalue weighted by molar-refractivity contribution is 5.83. The minimum absolute atomic E-state index is 0.0554. The maximum absolute atomic E-state index is 12.9. The summed E-state index contributed by atoms with van der Waals surface area (Å²) in [6.07, 6.45) is 6.19. The summed E-state index contributed by atoms with van der Waals surface area (Å²) in [5.74, 6) is 0.733. The molecule has 7 heteroatoms. The van der Waals surface area contributed by atoms with Gasteiger partial charge in [-0.05, 0) is 56.5 Å². The number of aromatic nitrogens is 3. The summed E-state index contributed by atoms with van der Waals surface area (Å²) in [6.45, 7) is 6.02. The van der Waals surface area contributed by atoms with Crippen LogP contribution in [0.4, 0.5) is 5.95 Å². The summed E-state index contributed by atoms with van der Waals surface area (Å²) in [7, 11) is 2.11. The van der Waals surface area contributed by atoms with Gasteiger partial charge in [0.05, 0.1) is 18.9 Å². The second-order valence-corrected chi connectivity index (χ2v) is 9.65. The number of rotatable bonds is 3. The molecule has 4 heterocycles. The van der Waals surface area contributed by atoms with Crippen molar-refractivity contribution >= 4 is 16.9 Å². The number of anilines is 1. The van der Waals surface area contributed by atoms with Crippen molar-refractivity contribution in [3.05, 3.63) is 57.6 Å². The van der Waals surface area contributed by atoms with Crippen molar-refractivity contribution in [3.63, 3.8) is 0 Å². The van der Waals surface area contributed by atoms with Crippen molar-refractivity contribution in [2.75, 3.05) is 44.3 Å². The van der Waals surface area contributed by atoms with E-state index in [1.54, 1.807) is 0 Å². The van der Waals surface area contributed by atoms with Gasteiger partial charge in [0.1, 0.15) is 0 Å². The highest BCUT2D eigenvalue weighted by Crippen LogP contribution is 2.45. The van der Waals surface area contributed by atoms with Gasteiger partial charge in [0.25, 0.3) is 5.56 Å². The molecule has 2 fully saturated rings. The van der Waals surface area contributed by atoms with Crippen LogP contribution in [0.25, 0.3) is 10.9 Å². The number of likely N-dealkylation sites (tertiary alicyclic amines) is 1. The highest BCUT2D eigenvalue weighted by atomic mass is 16.5. The molecular weight excluding hydrogens is 402 g/mol. The molecule has 0 atom stereocenters. The molecule has 2 saturated heterocycles. The molecule has 32 heavy (non-hydrogen) atoms. The van der Waals surface area contributed by atoms with Crippen molar-refractivity contribution < 1.29 is 4.74 Å². The van der Waals surface area contributed by atoms with Crippen LogP contribution in [0.15, 0.2) is 35.3 Å².